The van der Waals surface area contributed by atoms with Gasteiger partial charge in [-0.25, -0.2) is 0 Å². The maximum atomic E-state index is 5.92. The highest BCUT2D eigenvalue weighted by atomic mass is 16.5. The predicted octanol–water partition coefficient (Wildman–Crippen LogP) is 2.86. The molecule has 0 amide bonds. The monoisotopic (exact) mass is 223 g/mol. The topological polar surface area (TPSA) is 21.3 Å². The minimum absolute atomic E-state index is 0.547. The summed E-state index contributed by atoms with van der Waals surface area (Å²) in [5, 5.41) is 3.88. The zero-order chi connectivity index (χ0) is 11.0. The van der Waals surface area contributed by atoms with Gasteiger partial charge in [-0.05, 0) is 44.4 Å². The van der Waals surface area contributed by atoms with Gasteiger partial charge in [0, 0.05) is 12.1 Å². The van der Waals surface area contributed by atoms with Crippen LogP contribution < -0.4 is 5.32 Å². The van der Waals surface area contributed by atoms with Gasteiger partial charge in [0.15, 0.2) is 0 Å². The summed E-state index contributed by atoms with van der Waals surface area (Å²) in [6.45, 7) is 2.41. The highest BCUT2D eigenvalue weighted by Gasteiger charge is 2.41. The summed E-state index contributed by atoms with van der Waals surface area (Å²) in [7, 11) is 0. The highest BCUT2D eigenvalue weighted by Crippen LogP contribution is 2.35. The molecule has 2 aliphatic heterocycles. The molecule has 0 spiro atoms. The molecule has 3 rings (SSSR count). The van der Waals surface area contributed by atoms with E-state index in [4.69, 9.17) is 4.74 Å². The lowest BCUT2D eigenvalue weighted by molar-refractivity contribution is 0.0956. The predicted molar refractivity (Wildman–Crippen MR) is 65.5 cm³/mol. The van der Waals surface area contributed by atoms with Crippen LogP contribution in [0.5, 0.6) is 0 Å². The van der Waals surface area contributed by atoms with Crippen LogP contribution in [-0.2, 0) is 4.74 Å². The van der Waals surface area contributed by atoms with Crippen LogP contribution in [0.4, 0.5) is 0 Å². The molecule has 0 aromatic heterocycles. The van der Waals surface area contributed by atoms with Crippen LogP contribution in [0.15, 0.2) is 0 Å². The van der Waals surface area contributed by atoms with E-state index in [0.717, 1.165) is 12.0 Å². The Morgan fingerprint density at radius 3 is 2.69 bits per heavy atom. The van der Waals surface area contributed by atoms with Crippen molar-refractivity contribution in [3.8, 4) is 0 Å². The third-order valence-corrected chi connectivity index (χ3v) is 4.81. The summed E-state index contributed by atoms with van der Waals surface area (Å²) in [6.07, 6.45) is 12.1. The molecule has 1 N–H and O–H groups in total. The molecule has 0 radical (unpaired) electrons. The second kappa shape index (κ2) is 4.66. The van der Waals surface area contributed by atoms with Gasteiger partial charge in [-0.15, -0.1) is 0 Å². The van der Waals surface area contributed by atoms with Gasteiger partial charge in [-0.3, -0.25) is 0 Å². The standard InChI is InChI=1S/C14H25NO/c1-10-3-2-4-11(6-5-10)15-13-9-12-7-8-14(13)16-12/h10-15H,2-9H2,1H3. The number of rotatable bonds is 2. The molecule has 5 atom stereocenters. The van der Waals surface area contributed by atoms with Crippen molar-refractivity contribution < 1.29 is 4.74 Å². The van der Waals surface area contributed by atoms with Gasteiger partial charge in [0.2, 0.25) is 0 Å². The molecule has 0 aromatic carbocycles. The van der Waals surface area contributed by atoms with E-state index in [1.165, 1.54) is 51.4 Å². The first-order chi connectivity index (χ1) is 7.81. The van der Waals surface area contributed by atoms with Crippen molar-refractivity contribution in [1.82, 2.24) is 5.32 Å². The maximum Gasteiger partial charge on any atom is 0.0733 e. The molecule has 2 heteroatoms. The van der Waals surface area contributed by atoms with Crippen LogP contribution in [0.3, 0.4) is 0 Å². The van der Waals surface area contributed by atoms with Crippen molar-refractivity contribution in [1.29, 1.82) is 0 Å². The third-order valence-electron chi connectivity index (χ3n) is 4.81. The van der Waals surface area contributed by atoms with Crippen molar-refractivity contribution >= 4 is 0 Å². The van der Waals surface area contributed by atoms with E-state index in [1.54, 1.807) is 0 Å². The Kier molecular flexibility index (Phi) is 3.21. The lowest BCUT2D eigenvalue weighted by atomic mass is 9.94. The molecule has 2 nitrogen and oxygen atoms in total. The zero-order valence-corrected chi connectivity index (χ0v) is 10.5. The molecular weight excluding hydrogens is 198 g/mol. The minimum Gasteiger partial charge on any atom is -0.373 e. The third kappa shape index (κ3) is 2.28. The Labute approximate surface area is 99.1 Å². The first kappa shape index (κ1) is 11.0. The second-order valence-corrected chi connectivity index (χ2v) is 6.19. The Morgan fingerprint density at radius 1 is 1.00 bits per heavy atom. The lowest BCUT2D eigenvalue weighted by Gasteiger charge is -2.26. The quantitative estimate of drug-likeness (QED) is 0.727. The van der Waals surface area contributed by atoms with Gasteiger partial charge >= 0.3 is 0 Å². The number of hydrogen-bond acceptors (Lipinski definition) is 2. The van der Waals surface area contributed by atoms with Crippen LogP contribution in [0, 0.1) is 5.92 Å². The Bertz CT molecular complexity index is 243. The zero-order valence-electron chi connectivity index (χ0n) is 10.5. The van der Waals surface area contributed by atoms with Crippen LogP contribution >= 0.6 is 0 Å². The summed E-state index contributed by atoms with van der Waals surface area (Å²) in [6, 6.07) is 1.45. The first-order valence-electron chi connectivity index (χ1n) is 7.23. The molecule has 1 aliphatic carbocycles. The van der Waals surface area contributed by atoms with Gasteiger partial charge in [0.05, 0.1) is 12.2 Å². The van der Waals surface area contributed by atoms with Gasteiger partial charge in [0.1, 0.15) is 0 Å². The molecular formula is C14H25NO. The number of ether oxygens (including phenoxy) is 1. The summed E-state index contributed by atoms with van der Waals surface area (Å²) in [5.74, 6) is 0.947. The Morgan fingerprint density at radius 2 is 1.94 bits per heavy atom. The summed E-state index contributed by atoms with van der Waals surface area (Å²) >= 11 is 0. The van der Waals surface area contributed by atoms with Crippen LogP contribution in [-0.4, -0.2) is 24.3 Å². The van der Waals surface area contributed by atoms with Crippen molar-refractivity contribution in [2.24, 2.45) is 5.92 Å². The Hall–Kier alpha value is -0.0800. The molecule has 3 fully saturated rings. The molecule has 16 heavy (non-hydrogen) atoms. The molecule has 2 heterocycles. The van der Waals surface area contributed by atoms with Crippen LogP contribution in [0.1, 0.15) is 58.3 Å². The number of fused-ring (bicyclic) bond motifs is 2. The molecule has 3 aliphatic rings. The van der Waals surface area contributed by atoms with Gasteiger partial charge in [-0.1, -0.05) is 19.8 Å². The highest BCUT2D eigenvalue weighted by molar-refractivity contribution is 4.95. The second-order valence-electron chi connectivity index (χ2n) is 6.19. The van der Waals surface area contributed by atoms with Crippen molar-refractivity contribution in [2.45, 2.75) is 82.6 Å². The average Bonchev–Trinajstić information content (AvgIpc) is 2.81. The lowest BCUT2D eigenvalue weighted by Crippen LogP contribution is -2.43. The summed E-state index contributed by atoms with van der Waals surface area (Å²) in [5.41, 5.74) is 0. The molecule has 5 unspecified atom stereocenters. The molecule has 2 saturated heterocycles. The van der Waals surface area contributed by atoms with Crippen molar-refractivity contribution in [3.05, 3.63) is 0 Å². The van der Waals surface area contributed by atoms with E-state index in [0.29, 0.717) is 18.2 Å². The minimum atomic E-state index is 0.547. The van der Waals surface area contributed by atoms with E-state index in [2.05, 4.69) is 12.2 Å². The smallest absolute Gasteiger partial charge is 0.0733 e. The van der Waals surface area contributed by atoms with Crippen molar-refractivity contribution in [2.75, 3.05) is 0 Å². The van der Waals surface area contributed by atoms with Gasteiger partial charge < -0.3 is 10.1 Å². The average molecular weight is 223 g/mol. The fourth-order valence-electron chi connectivity index (χ4n) is 3.77. The molecule has 0 aromatic rings. The molecule has 2 bridgehead atoms. The fourth-order valence-corrected chi connectivity index (χ4v) is 3.77. The van der Waals surface area contributed by atoms with Gasteiger partial charge in [0.25, 0.3) is 0 Å². The van der Waals surface area contributed by atoms with E-state index in [9.17, 15) is 0 Å². The van der Waals surface area contributed by atoms with E-state index in [-0.39, 0.29) is 0 Å². The number of hydrogen-bond donors (Lipinski definition) is 1. The SMILES string of the molecule is CC1CCCC(NC2CC3CCC2O3)CC1. The van der Waals surface area contributed by atoms with Crippen LogP contribution in [0.25, 0.3) is 0 Å². The van der Waals surface area contributed by atoms with Crippen molar-refractivity contribution in [3.63, 3.8) is 0 Å². The van der Waals surface area contributed by atoms with Crippen LogP contribution in [0.2, 0.25) is 0 Å². The summed E-state index contributed by atoms with van der Waals surface area (Å²) < 4.78 is 5.92. The normalized spacial score (nSPS) is 48.2. The number of nitrogens with one attached hydrogen (secondary N) is 1. The van der Waals surface area contributed by atoms with Gasteiger partial charge in [-0.2, -0.15) is 0 Å². The van der Waals surface area contributed by atoms with E-state index in [1.807, 2.05) is 0 Å². The maximum absolute atomic E-state index is 5.92. The summed E-state index contributed by atoms with van der Waals surface area (Å²) in [4.78, 5) is 0. The largest absolute Gasteiger partial charge is 0.373 e. The fraction of sp³-hybridized carbons (Fsp3) is 1.00. The van der Waals surface area contributed by atoms with E-state index >= 15 is 0 Å². The molecule has 1 saturated carbocycles. The first-order valence-corrected chi connectivity index (χ1v) is 7.23. The Balaban J connectivity index is 1.50. The molecule has 92 valence electrons. The van der Waals surface area contributed by atoms with E-state index < -0.39 is 0 Å².